The molecule has 12 heteroatoms. The first-order valence-electron chi connectivity index (χ1n) is 13.5. The Balaban J connectivity index is 1.84. The molecule has 224 valence electrons. The van der Waals surface area contributed by atoms with E-state index in [0.29, 0.717) is 58.5 Å². The van der Waals surface area contributed by atoms with Crippen LogP contribution in [-0.2, 0) is 16.0 Å². The number of nitrogens with zero attached hydrogens (tertiary/aromatic N) is 1. The van der Waals surface area contributed by atoms with Gasteiger partial charge in [0.25, 0.3) is 0 Å². The van der Waals surface area contributed by atoms with Gasteiger partial charge >= 0.3 is 0 Å². The molecule has 42 heavy (non-hydrogen) atoms. The minimum absolute atomic E-state index is 0.206. The lowest BCUT2D eigenvalue weighted by atomic mass is 9.95. The highest BCUT2D eigenvalue weighted by molar-refractivity contribution is 7.98. The zero-order valence-electron chi connectivity index (χ0n) is 24.6. The van der Waals surface area contributed by atoms with Crippen molar-refractivity contribution in [2.45, 2.75) is 45.2 Å². The average Bonchev–Trinajstić information content (AvgIpc) is 3.23. The van der Waals surface area contributed by atoms with Gasteiger partial charge in [-0.2, -0.15) is 11.8 Å². The summed E-state index contributed by atoms with van der Waals surface area (Å²) in [5, 5.41) is 11.4. The summed E-state index contributed by atoms with van der Waals surface area (Å²) in [6.07, 6.45) is 3.61. The van der Waals surface area contributed by atoms with Gasteiger partial charge < -0.3 is 30.2 Å². The van der Waals surface area contributed by atoms with E-state index in [0.717, 1.165) is 16.8 Å². The summed E-state index contributed by atoms with van der Waals surface area (Å²) in [6, 6.07) is 5.86. The lowest BCUT2D eigenvalue weighted by molar-refractivity contribution is -0.120. The predicted molar refractivity (Wildman–Crippen MR) is 169 cm³/mol. The topological polar surface area (TPSA) is 128 Å². The predicted octanol–water partition coefficient (Wildman–Crippen LogP) is 4.80. The van der Waals surface area contributed by atoms with Crippen LogP contribution in [0.15, 0.2) is 34.4 Å². The summed E-state index contributed by atoms with van der Waals surface area (Å²) in [4.78, 5) is 43.5. The van der Waals surface area contributed by atoms with E-state index in [1.165, 1.54) is 24.3 Å². The number of methoxy groups -OCH3 is 3. The van der Waals surface area contributed by atoms with Crippen LogP contribution in [0.5, 0.6) is 17.2 Å². The quantitative estimate of drug-likeness (QED) is 0.280. The third-order valence-corrected chi connectivity index (χ3v) is 8.54. The molecule has 1 aromatic heterocycles. The number of anilines is 2. The van der Waals surface area contributed by atoms with E-state index < -0.39 is 12.1 Å². The maximum absolute atomic E-state index is 13.7. The van der Waals surface area contributed by atoms with E-state index in [1.807, 2.05) is 30.7 Å². The van der Waals surface area contributed by atoms with Gasteiger partial charge in [-0.25, -0.2) is 4.98 Å². The van der Waals surface area contributed by atoms with Crippen LogP contribution in [0.25, 0.3) is 11.1 Å². The molecule has 0 spiro atoms. The smallest absolute Gasteiger partial charge is 0.248 e. The first-order valence-corrected chi connectivity index (χ1v) is 15.7. The summed E-state index contributed by atoms with van der Waals surface area (Å²) in [6.45, 7) is 3.32. The molecule has 0 unspecified atom stereocenters. The van der Waals surface area contributed by atoms with Crippen LogP contribution in [0.3, 0.4) is 0 Å². The molecule has 0 saturated heterocycles. The second-order valence-electron chi connectivity index (χ2n) is 9.86. The van der Waals surface area contributed by atoms with Gasteiger partial charge in [-0.3, -0.25) is 14.4 Å². The fourth-order valence-electron chi connectivity index (χ4n) is 5.12. The third kappa shape index (κ3) is 6.81. The monoisotopic (exact) mass is 612 g/mol. The molecular weight excluding hydrogens is 576 g/mol. The Morgan fingerprint density at radius 2 is 1.90 bits per heavy atom. The van der Waals surface area contributed by atoms with Crippen molar-refractivity contribution in [1.29, 1.82) is 0 Å². The van der Waals surface area contributed by atoms with Crippen molar-refractivity contribution in [2.24, 2.45) is 0 Å². The lowest BCUT2D eigenvalue weighted by Gasteiger charge is -2.19. The fraction of sp³-hybridized carbons (Fsp3) is 0.400. The molecule has 2 atom stereocenters. The van der Waals surface area contributed by atoms with Gasteiger partial charge in [0, 0.05) is 17.9 Å². The zero-order chi connectivity index (χ0) is 30.4. The van der Waals surface area contributed by atoms with Crippen LogP contribution in [0.4, 0.5) is 10.8 Å². The Kier molecular flexibility index (Phi) is 10.3. The lowest BCUT2D eigenvalue weighted by Crippen LogP contribution is -2.36. The van der Waals surface area contributed by atoms with Gasteiger partial charge in [0.05, 0.1) is 38.8 Å². The second kappa shape index (κ2) is 13.9. The van der Waals surface area contributed by atoms with Crippen molar-refractivity contribution in [3.63, 3.8) is 0 Å². The van der Waals surface area contributed by atoms with Crippen LogP contribution in [0.2, 0.25) is 0 Å². The summed E-state index contributed by atoms with van der Waals surface area (Å²) in [5.41, 5.74) is 3.84. The maximum Gasteiger partial charge on any atom is 0.248 e. The van der Waals surface area contributed by atoms with Gasteiger partial charge in [-0.05, 0) is 73.1 Å². The molecule has 2 aromatic carbocycles. The average molecular weight is 613 g/mol. The number of aryl methyl sites for hydroxylation is 2. The number of hydrogen-bond acceptors (Lipinski definition) is 10. The number of nitrogens with one attached hydrogen (secondary N) is 3. The first kappa shape index (κ1) is 31.2. The van der Waals surface area contributed by atoms with E-state index >= 15 is 0 Å². The molecule has 1 aliphatic rings. The van der Waals surface area contributed by atoms with Crippen molar-refractivity contribution < 1.29 is 23.8 Å². The van der Waals surface area contributed by atoms with Crippen molar-refractivity contribution in [1.82, 2.24) is 10.3 Å². The Morgan fingerprint density at radius 1 is 1.14 bits per heavy atom. The van der Waals surface area contributed by atoms with Gasteiger partial charge in [-0.1, -0.05) is 6.07 Å². The van der Waals surface area contributed by atoms with Gasteiger partial charge in [0.1, 0.15) is 6.04 Å². The normalized spacial score (nSPS) is 14.5. The van der Waals surface area contributed by atoms with Crippen LogP contribution in [0, 0.1) is 6.92 Å². The van der Waals surface area contributed by atoms with E-state index in [1.54, 1.807) is 39.2 Å². The Hall–Kier alpha value is -3.77. The summed E-state index contributed by atoms with van der Waals surface area (Å²) < 4.78 is 17.1. The largest absolute Gasteiger partial charge is 0.493 e. The number of aromatic nitrogens is 1. The van der Waals surface area contributed by atoms with E-state index in [2.05, 4.69) is 20.9 Å². The van der Waals surface area contributed by atoms with Gasteiger partial charge in [0.15, 0.2) is 16.6 Å². The highest BCUT2D eigenvalue weighted by Gasteiger charge is 2.30. The number of carbonyl (C=O) groups is 2. The highest BCUT2D eigenvalue weighted by atomic mass is 32.2. The number of ether oxygens (including phenoxy) is 3. The molecule has 3 aromatic rings. The number of rotatable bonds is 11. The molecule has 2 amide bonds. The third-order valence-electron chi connectivity index (χ3n) is 7.02. The summed E-state index contributed by atoms with van der Waals surface area (Å²) >= 11 is 2.96. The van der Waals surface area contributed by atoms with Crippen LogP contribution >= 0.6 is 23.1 Å². The molecule has 1 aliphatic carbocycles. The standard InChI is InChI=1S/C30H36N4O6S2/c1-16-15-42-30(31-16)34-29(37)23(11-12-41-6)33-22-10-8-19-20(14-24(22)36)21(32-17(2)35)9-7-18-13-25(38-3)27(39-4)28(40-5)26(18)19/h8,10,13-15,21,23H,7,9,11-12H2,1-6H3,(H,32,35)(H,33,36)(H,31,34,37)/t21-,23+/m1/s1. The van der Waals surface area contributed by atoms with Crippen molar-refractivity contribution in [3.05, 3.63) is 56.7 Å². The molecule has 0 radical (unpaired) electrons. The maximum atomic E-state index is 13.7. The molecule has 1 heterocycles. The zero-order valence-corrected chi connectivity index (χ0v) is 26.2. The van der Waals surface area contributed by atoms with Crippen molar-refractivity contribution in [2.75, 3.05) is 44.0 Å². The molecular formula is C30H36N4O6S2. The molecule has 0 bridgehead atoms. The van der Waals surface area contributed by atoms with E-state index in [9.17, 15) is 14.4 Å². The van der Waals surface area contributed by atoms with Crippen LogP contribution < -0.4 is 35.6 Å². The number of thioether (sulfide) groups is 1. The minimum Gasteiger partial charge on any atom is -0.493 e. The Bertz CT molecular complexity index is 1530. The number of hydrogen-bond donors (Lipinski definition) is 3. The summed E-state index contributed by atoms with van der Waals surface area (Å²) in [5.74, 6) is 1.66. The number of thiazole rings is 1. The number of amides is 2. The Labute approximate surface area is 253 Å². The van der Waals surface area contributed by atoms with Crippen LogP contribution in [-0.4, -0.2) is 56.2 Å². The van der Waals surface area contributed by atoms with Gasteiger partial charge in [-0.15, -0.1) is 11.3 Å². The van der Waals surface area contributed by atoms with E-state index in [-0.39, 0.29) is 22.9 Å². The molecule has 10 nitrogen and oxygen atoms in total. The van der Waals surface area contributed by atoms with Gasteiger partial charge in [0.2, 0.25) is 23.0 Å². The van der Waals surface area contributed by atoms with Crippen molar-refractivity contribution >= 4 is 45.7 Å². The summed E-state index contributed by atoms with van der Waals surface area (Å²) in [7, 11) is 4.66. The number of carbonyl (C=O) groups excluding carboxylic acids is 2. The van der Waals surface area contributed by atoms with E-state index in [4.69, 9.17) is 14.2 Å². The van der Waals surface area contributed by atoms with Crippen LogP contribution in [0.1, 0.15) is 42.6 Å². The minimum atomic E-state index is -0.672. The molecule has 3 N–H and O–H groups in total. The number of fused-ring (bicyclic) bond motifs is 3. The molecule has 0 fully saturated rings. The molecule has 0 aliphatic heterocycles. The number of benzene rings is 1. The molecule has 0 saturated carbocycles. The first-order chi connectivity index (χ1) is 20.2. The highest BCUT2D eigenvalue weighted by Crippen LogP contribution is 2.50. The SMILES string of the molecule is COc1cc2c(c(OC)c1OC)-c1ccc(N[C@@H](CCSC)C(=O)Nc3nc(C)cs3)c(=O)cc1[C@H](NC(C)=O)CC2. The Morgan fingerprint density at radius 3 is 2.52 bits per heavy atom. The second-order valence-corrected chi connectivity index (χ2v) is 11.7. The fourth-order valence-corrected chi connectivity index (χ4v) is 6.29. The van der Waals surface area contributed by atoms with Crippen molar-refractivity contribution in [3.8, 4) is 28.4 Å². The molecule has 4 rings (SSSR count).